The van der Waals surface area contributed by atoms with E-state index in [1.54, 1.807) is 0 Å². The van der Waals surface area contributed by atoms with Crippen LogP contribution in [0.3, 0.4) is 0 Å². The average molecular weight is 169 g/mol. The van der Waals surface area contributed by atoms with Gasteiger partial charge in [0.2, 0.25) is 0 Å². The van der Waals surface area contributed by atoms with Crippen LogP contribution in [0.1, 0.15) is 52.9 Å². The van der Waals surface area contributed by atoms with Gasteiger partial charge >= 0.3 is 0 Å². The van der Waals surface area contributed by atoms with Crippen LogP contribution in [0.25, 0.3) is 0 Å². The third kappa shape index (κ3) is 2.48. The molecule has 0 spiro atoms. The van der Waals surface area contributed by atoms with Gasteiger partial charge in [0, 0.05) is 12.6 Å². The summed E-state index contributed by atoms with van der Waals surface area (Å²) < 4.78 is 0. The van der Waals surface area contributed by atoms with Gasteiger partial charge in [0.05, 0.1) is 0 Å². The van der Waals surface area contributed by atoms with E-state index >= 15 is 0 Å². The molecule has 1 saturated carbocycles. The lowest BCUT2D eigenvalue weighted by Gasteiger charge is -2.28. The van der Waals surface area contributed by atoms with Gasteiger partial charge < -0.3 is 5.32 Å². The van der Waals surface area contributed by atoms with Gasteiger partial charge in [0.15, 0.2) is 0 Å². The lowest BCUT2D eigenvalue weighted by molar-refractivity contribution is 0.261. The third-order valence-corrected chi connectivity index (χ3v) is 3.30. The standard InChI is InChI=1S/C11H23N/c1-4-11(7-5-6-8-11)9-12-10(2)3/h10,12H,4-9H2,1-3H3. The molecule has 72 valence electrons. The van der Waals surface area contributed by atoms with Gasteiger partial charge in [-0.25, -0.2) is 0 Å². The van der Waals surface area contributed by atoms with E-state index < -0.39 is 0 Å². The molecule has 0 unspecified atom stereocenters. The largest absolute Gasteiger partial charge is 0.314 e. The lowest BCUT2D eigenvalue weighted by atomic mass is 9.83. The summed E-state index contributed by atoms with van der Waals surface area (Å²) in [6, 6.07) is 0.647. The molecule has 0 aliphatic heterocycles. The van der Waals surface area contributed by atoms with Crippen LogP contribution in [0.5, 0.6) is 0 Å². The number of hydrogen-bond donors (Lipinski definition) is 1. The molecule has 1 nitrogen and oxygen atoms in total. The summed E-state index contributed by atoms with van der Waals surface area (Å²) in [5, 5.41) is 3.58. The fourth-order valence-electron chi connectivity index (χ4n) is 2.20. The van der Waals surface area contributed by atoms with Crippen LogP contribution in [0.15, 0.2) is 0 Å². The Kier molecular flexibility index (Phi) is 3.57. The molecule has 0 heterocycles. The quantitative estimate of drug-likeness (QED) is 0.682. The zero-order valence-corrected chi connectivity index (χ0v) is 8.82. The van der Waals surface area contributed by atoms with Crippen molar-refractivity contribution in [3.05, 3.63) is 0 Å². The third-order valence-electron chi connectivity index (χ3n) is 3.30. The molecule has 0 aromatic heterocycles. The second kappa shape index (κ2) is 4.27. The average Bonchev–Trinajstić information content (AvgIpc) is 2.50. The maximum absolute atomic E-state index is 3.58. The van der Waals surface area contributed by atoms with Crippen molar-refractivity contribution >= 4 is 0 Å². The predicted octanol–water partition coefficient (Wildman–Crippen LogP) is 2.95. The summed E-state index contributed by atoms with van der Waals surface area (Å²) >= 11 is 0. The Morgan fingerprint density at radius 3 is 2.25 bits per heavy atom. The van der Waals surface area contributed by atoms with Gasteiger partial charge in [-0.15, -0.1) is 0 Å². The molecular weight excluding hydrogens is 146 g/mol. The highest BCUT2D eigenvalue weighted by Crippen LogP contribution is 2.40. The van der Waals surface area contributed by atoms with Crippen LogP contribution in [-0.4, -0.2) is 12.6 Å². The second-order valence-corrected chi connectivity index (χ2v) is 4.60. The zero-order chi connectivity index (χ0) is 9.03. The van der Waals surface area contributed by atoms with Gasteiger partial charge in [-0.1, -0.05) is 33.6 Å². The van der Waals surface area contributed by atoms with E-state index in [1.165, 1.54) is 38.6 Å². The maximum Gasteiger partial charge on any atom is 0.00106 e. The highest BCUT2D eigenvalue weighted by atomic mass is 14.9. The Bertz CT molecular complexity index is 123. The fourth-order valence-corrected chi connectivity index (χ4v) is 2.20. The summed E-state index contributed by atoms with van der Waals surface area (Å²) in [6.07, 6.45) is 7.15. The number of hydrogen-bond acceptors (Lipinski definition) is 1. The highest BCUT2D eigenvalue weighted by Gasteiger charge is 2.31. The van der Waals surface area contributed by atoms with Crippen molar-refractivity contribution in [2.24, 2.45) is 5.41 Å². The topological polar surface area (TPSA) is 12.0 Å². The summed E-state index contributed by atoms with van der Waals surface area (Å²) in [6.45, 7) is 8.05. The van der Waals surface area contributed by atoms with Gasteiger partial charge in [0.1, 0.15) is 0 Å². The smallest absolute Gasteiger partial charge is 0.00106 e. The van der Waals surface area contributed by atoms with Gasteiger partial charge in [-0.05, 0) is 24.7 Å². The fraction of sp³-hybridized carbons (Fsp3) is 1.00. The molecule has 1 aliphatic rings. The van der Waals surface area contributed by atoms with Crippen molar-refractivity contribution < 1.29 is 0 Å². The van der Waals surface area contributed by atoms with Crippen LogP contribution in [0.2, 0.25) is 0 Å². The van der Waals surface area contributed by atoms with Crippen molar-refractivity contribution in [1.82, 2.24) is 5.32 Å². The molecular formula is C11H23N. The van der Waals surface area contributed by atoms with Crippen LogP contribution in [-0.2, 0) is 0 Å². The monoisotopic (exact) mass is 169 g/mol. The van der Waals surface area contributed by atoms with Crippen molar-refractivity contribution in [2.75, 3.05) is 6.54 Å². The first-order valence-electron chi connectivity index (χ1n) is 5.42. The van der Waals surface area contributed by atoms with Crippen LogP contribution >= 0.6 is 0 Å². The van der Waals surface area contributed by atoms with Crippen LogP contribution < -0.4 is 5.32 Å². The Morgan fingerprint density at radius 1 is 1.25 bits per heavy atom. The molecule has 0 saturated heterocycles. The summed E-state index contributed by atoms with van der Waals surface area (Å²) in [7, 11) is 0. The van der Waals surface area contributed by atoms with Gasteiger partial charge in [0.25, 0.3) is 0 Å². The van der Waals surface area contributed by atoms with E-state index in [2.05, 4.69) is 26.1 Å². The Labute approximate surface area is 76.9 Å². The molecule has 0 amide bonds. The summed E-state index contributed by atoms with van der Waals surface area (Å²) in [5.74, 6) is 0. The molecule has 1 aliphatic carbocycles. The molecule has 0 aromatic carbocycles. The maximum atomic E-state index is 3.58. The minimum absolute atomic E-state index is 0.647. The second-order valence-electron chi connectivity index (χ2n) is 4.60. The van der Waals surface area contributed by atoms with Crippen molar-refractivity contribution in [3.63, 3.8) is 0 Å². The van der Waals surface area contributed by atoms with Gasteiger partial charge in [-0.2, -0.15) is 0 Å². The zero-order valence-electron chi connectivity index (χ0n) is 8.82. The van der Waals surface area contributed by atoms with E-state index in [9.17, 15) is 0 Å². The van der Waals surface area contributed by atoms with Crippen molar-refractivity contribution in [3.8, 4) is 0 Å². The van der Waals surface area contributed by atoms with Crippen molar-refractivity contribution in [2.45, 2.75) is 58.9 Å². The van der Waals surface area contributed by atoms with E-state index in [1.807, 2.05) is 0 Å². The molecule has 0 atom stereocenters. The minimum atomic E-state index is 0.647. The molecule has 12 heavy (non-hydrogen) atoms. The number of rotatable bonds is 4. The van der Waals surface area contributed by atoms with E-state index in [0.29, 0.717) is 11.5 Å². The molecule has 0 radical (unpaired) electrons. The molecule has 1 heteroatoms. The molecule has 0 aromatic rings. The molecule has 0 bridgehead atoms. The van der Waals surface area contributed by atoms with Crippen LogP contribution in [0, 0.1) is 5.41 Å². The van der Waals surface area contributed by atoms with Crippen molar-refractivity contribution in [1.29, 1.82) is 0 Å². The highest BCUT2D eigenvalue weighted by molar-refractivity contribution is 4.85. The first-order chi connectivity index (χ1) is 5.68. The molecule has 1 N–H and O–H groups in total. The summed E-state index contributed by atoms with van der Waals surface area (Å²) in [5.41, 5.74) is 0.657. The molecule has 1 fully saturated rings. The predicted molar refractivity (Wildman–Crippen MR) is 54.3 cm³/mol. The minimum Gasteiger partial charge on any atom is -0.314 e. The Balaban J connectivity index is 2.34. The van der Waals surface area contributed by atoms with E-state index in [-0.39, 0.29) is 0 Å². The molecule has 1 rings (SSSR count). The first kappa shape index (κ1) is 10.0. The van der Waals surface area contributed by atoms with E-state index in [0.717, 1.165) is 0 Å². The number of nitrogens with one attached hydrogen (secondary N) is 1. The van der Waals surface area contributed by atoms with E-state index in [4.69, 9.17) is 0 Å². The first-order valence-corrected chi connectivity index (χ1v) is 5.42. The van der Waals surface area contributed by atoms with Crippen LogP contribution in [0.4, 0.5) is 0 Å². The normalized spacial score (nSPS) is 22.0. The van der Waals surface area contributed by atoms with Gasteiger partial charge in [-0.3, -0.25) is 0 Å². The Hall–Kier alpha value is -0.0400. The summed E-state index contributed by atoms with van der Waals surface area (Å²) in [4.78, 5) is 0. The SMILES string of the molecule is CCC1(CNC(C)C)CCCC1. The Morgan fingerprint density at radius 2 is 1.83 bits per heavy atom. The lowest BCUT2D eigenvalue weighted by Crippen LogP contribution is -2.35.